The molecule has 1 aromatic rings. The summed E-state index contributed by atoms with van der Waals surface area (Å²) in [5.41, 5.74) is 3.12. The van der Waals surface area contributed by atoms with E-state index in [0.29, 0.717) is 6.42 Å². The maximum Gasteiger partial charge on any atom is 0.240 e. The lowest BCUT2D eigenvalue weighted by molar-refractivity contribution is -0.121. The summed E-state index contributed by atoms with van der Waals surface area (Å²) < 4.78 is 0. The van der Waals surface area contributed by atoms with E-state index in [1.54, 1.807) is 12.1 Å². The average molecular weight is 222 g/mol. The highest BCUT2D eigenvalue weighted by molar-refractivity contribution is 5.82. The van der Waals surface area contributed by atoms with Gasteiger partial charge in [-0.1, -0.05) is 0 Å². The van der Waals surface area contributed by atoms with Crippen LogP contribution in [-0.2, 0) is 4.79 Å². The van der Waals surface area contributed by atoms with Gasteiger partial charge >= 0.3 is 0 Å². The number of rotatable bonds is 5. The number of hydrogen-bond acceptors (Lipinski definition) is 4. The zero-order valence-corrected chi connectivity index (χ0v) is 8.76. The molecule has 16 heavy (non-hydrogen) atoms. The molecule has 0 aliphatic rings. The highest BCUT2D eigenvalue weighted by atomic mass is 16.3. The number of aliphatic hydroxyl groups is 1. The van der Waals surface area contributed by atoms with Crippen molar-refractivity contribution >= 4 is 12.1 Å². The molecule has 3 N–H and O–H groups in total. The first-order valence-corrected chi connectivity index (χ1v) is 4.94. The molecule has 0 radical (unpaired) electrons. The van der Waals surface area contributed by atoms with Crippen LogP contribution in [0.1, 0.15) is 18.4 Å². The third-order valence-electron chi connectivity index (χ3n) is 1.86. The monoisotopic (exact) mass is 222 g/mol. The van der Waals surface area contributed by atoms with Gasteiger partial charge in [-0.25, -0.2) is 5.43 Å². The molecule has 0 heterocycles. The number of phenols is 1. The van der Waals surface area contributed by atoms with Crippen LogP contribution < -0.4 is 5.43 Å². The van der Waals surface area contributed by atoms with Gasteiger partial charge in [0.2, 0.25) is 5.91 Å². The number of amides is 1. The third-order valence-corrected chi connectivity index (χ3v) is 1.86. The summed E-state index contributed by atoms with van der Waals surface area (Å²) in [5.74, 6) is -0.0480. The maximum atomic E-state index is 11.1. The molecule has 0 saturated carbocycles. The number of phenolic OH excluding ortho intramolecular Hbond substituents is 1. The standard InChI is InChI=1S/C11H14N2O3/c14-7-1-2-11(16)13-12-8-9-3-5-10(15)6-4-9/h3-6,8,14-15H,1-2,7H2,(H,13,16)/b12-8+. The largest absolute Gasteiger partial charge is 0.508 e. The van der Waals surface area contributed by atoms with Crippen LogP contribution in [0.25, 0.3) is 0 Å². The van der Waals surface area contributed by atoms with E-state index in [9.17, 15) is 4.79 Å². The molecule has 0 saturated heterocycles. The van der Waals surface area contributed by atoms with Crippen molar-refractivity contribution in [3.63, 3.8) is 0 Å². The molecule has 1 amide bonds. The first-order chi connectivity index (χ1) is 7.72. The molecule has 0 atom stereocenters. The normalized spacial score (nSPS) is 10.6. The maximum absolute atomic E-state index is 11.1. The Hall–Kier alpha value is -1.88. The number of carbonyl (C=O) groups is 1. The molecule has 0 unspecified atom stereocenters. The van der Waals surface area contributed by atoms with E-state index in [4.69, 9.17) is 10.2 Å². The predicted octanol–water partition coefficient (Wildman–Crippen LogP) is 0.615. The summed E-state index contributed by atoms with van der Waals surface area (Å²) in [6, 6.07) is 6.43. The van der Waals surface area contributed by atoms with Gasteiger partial charge in [0.1, 0.15) is 5.75 Å². The van der Waals surface area contributed by atoms with Gasteiger partial charge in [0, 0.05) is 13.0 Å². The van der Waals surface area contributed by atoms with Crippen molar-refractivity contribution < 1.29 is 15.0 Å². The molecule has 0 bridgehead atoms. The second-order valence-electron chi connectivity index (χ2n) is 3.21. The van der Waals surface area contributed by atoms with Crippen LogP contribution in [-0.4, -0.2) is 28.9 Å². The summed E-state index contributed by atoms with van der Waals surface area (Å²) in [4.78, 5) is 11.1. The fourth-order valence-electron chi connectivity index (χ4n) is 1.03. The average Bonchev–Trinajstić information content (AvgIpc) is 2.29. The molecule has 1 aromatic carbocycles. The van der Waals surface area contributed by atoms with Gasteiger partial charge in [0.25, 0.3) is 0 Å². The van der Waals surface area contributed by atoms with Crippen LogP contribution in [0.15, 0.2) is 29.4 Å². The van der Waals surface area contributed by atoms with Crippen LogP contribution in [0.4, 0.5) is 0 Å². The van der Waals surface area contributed by atoms with Crippen molar-refractivity contribution in [3.8, 4) is 5.75 Å². The Kier molecular flexibility index (Phi) is 5.01. The first-order valence-electron chi connectivity index (χ1n) is 4.94. The van der Waals surface area contributed by atoms with Crippen LogP contribution in [0.3, 0.4) is 0 Å². The lowest BCUT2D eigenvalue weighted by atomic mass is 10.2. The van der Waals surface area contributed by atoms with Gasteiger partial charge in [-0.2, -0.15) is 5.10 Å². The summed E-state index contributed by atoms with van der Waals surface area (Å²) in [6.45, 7) is -0.00486. The Bertz CT molecular complexity index is 360. The Morgan fingerprint density at radius 3 is 2.69 bits per heavy atom. The van der Waals surface area contributed by atoms with E-state index >= 15 is 0 Å². The Balaban J connectivity index is 2.37. The SMILES string of the molecule is O=C(CCCO)N/N=C/c1ccc(O)cc1. The fraction of sp³-hybridized carbons (Fsp3) is 0.273. The number of nitrogens with zero attached hydrogens (tertiary/aromatic N) is 1. The van der Waals surface area contributed by atoms with Crippen LogP contribution in [0.2, 0.25) is 0 Å². The fourth-order valence-corrected chi connectivity index (χ4v) is 1.03. The summed E-state index contributed by atoms with van der Waals surface area (Å²) in [7, 11) is 0. The van der Waals surface area contributed by atoms with E-state index < -0.39 is 0 Å². The summed E-state index contributed by atoms with van der Waals surface area (Å²) >= 11 is 0. The number of aliphatic hydroxyl groups excluding tert-OH is 1. The molecule has 86 valence electrons. The molecule has 1 rings (SSSR count). The van der Waals surface area contributed by atoms with Crippen molar-refractivity contribution in [2.75, 3.05) is 6.61 Å². The number of nitrogens with one attached hydrogen (secondary N) is 1. The van der Waals surface area contributed by atoms with Crippen molar-refractivity contribution in [1.82, 2.24) is 5.43 Å². The number of carbonyl (C=O) groups excluding carboxylic acids is 1. The summed E-state index contributed by atoms with van der Waals surface area (Å²) in [6.07, 6.45) is 2.17. The Morgan fingerprint density at radius 2 is 2.06 bits per heavy atom. The second kappa shape index (κ2) is 6.58. The highest BCUT2D eigenvalue weighted by Gasteiger charge is 1.97. The van der Waals surface area contributed by atoms with E-state index in [1.165, 1.54) is 18.3 Å². The minimum absolute atomic E-state index is 0.00486. The van der Waals surface area contributed by atoms with Gasteiger partial charge < -0.3 is 10.2 Å². The van der Waals surface area contributed by atoms with Crippen molar-refractivity contribution in [2.24, 2.45) is 5.10 Å². The quantitative estimate of drug-likeness (QED) is 0.504. The zero-order chi connectivity index (χ0) is 11.8. The molecular weight excluding hydrogens is 208 g/mol. The second-order valence-corrected chi connectivity index (χ2v) is 3.21. The predicted molar refractivity (Wildman–Crippen MR) is 60.2 cm³/mol. The molecule has 5 heteroatoms. The van der Waals surface area contributed by atoms with Gasteiger partial charge in [0.15, 0.2) is 0 Å². The number of benzene rings is 1. The number of hydrazone groups is 1. The van der Waals surface area contributed by atoms with Crippen molar-refractivity contribution in [1.29, 1.82) is 0 Å². The smallest absolute Gasteiger partial charge is 0.240 e. The Labute approximate surface area is 93.4 Å². The third kappa shape index (κ3) is 4.56. The Morgan fingerprint density at radius 1 is 1.38 bits per heavy atom. The van der Waals surface area contributed by atoms with Gasteiger partial charge in [0.05, 0.1) is 6.21 Å². The highest BCUT2D eigenvalue weighted by Crippen LogP contribution is 2.07. The van der Waals surface area contributed by atoms with E-state index in [1.807, 2.05) is 0 Å². The lowest BCUT2D eigenvalue weighted by Crippen LogP contribution is -2.17. The first kappa shape index (κ1) is 12.2. The van der Waals surface area contributed by atoms with Crippen molar-refractivity contribution in [3.05, 3.63) is 29.8 Å². The topological polar surface area (TPSA) is 81.9 Å². The number of hydrogen-bond donors (Lipinski definition) is 3. The van der Waals surface area contributed by atoms with Gasteiger partial charge in [-0.05, 0) is 36.2 Å². The molecule has 0 aliphatic carbocycles. The van der Waals surface area contributed by atoms with Crippen molar-refractivity contribution in [2.45, 2.75) is 12.8 Å². The van der Waals surface area contributed by atoms with Crippen LogP contribution in [0, 0.1) is 0 Å². The zero-order valence-electron chi connectivity index (χ0n) is 8.76. The van der Waals surface area contributed by atoms with Gasteiger partial charge in [-0.15, -0.1) is 0 Å². The molecule has 5 nitrogen and oxygen atoms in total. The summed E-state index contributed by atoms with van der Waals surface area (Å²) in [5, 5.41) is 21.3. The molecule has 0 aliphatic heterocycles. The van der Waals surface area contributed by atoms with Crippen LogP contribution >= 0.6 is 0 Å². The lowest BCUT2D eigenvalue weighted by Gasteiger charge is -1.97. The van der Waals surface area contributed by atoms with Crippen LogP contribution in [0.5, 0.6) is 5.75 Å². The minimum Gasteiger partial charge on any atom is -0.508 e. The molecule has 0 aromatic heterocycles. The van der Waals surface area contributed by atoms with E-state index in [0.717, 1.165) is 5.56 Å². The molecule has 0 fully saturated rings. The van der Waals surface area contributed by atoms with Gasteiger partial charge in [-0.3, -0.25) is 4.79 Å². The molecular formula is C11H14N2O3. The van der Waals surface area contributed by atoms with E-state index in [2.05, 4.69) is 10.5 Å². The number of aromatic hydroxyl groups is 1. The van der Waals surface area contributed by atoms with E-state index in [-0.39, 0.29) is 24.7 Å². The molecule has 0 spiro atoms. The minimum atomic E-state index is -0.232.